The van der Waals surface area contributed by atoms with E-state index in [1.165, 1.54) is 16.0 Å². The van der Waals surface area contributed by atoms with Gasteiger partial charge >= 0.3 is 0 Å². The molecule has 1 aromatic carbocycles. The molecule has 5 heteroatoms. The summed E-state index contributed by atoms with van der Waals surface area (Å²) in [6, 6.07) is 5.79. The van der Waals surface area contributed by atoms with Gasteiger partial charge in [0.1, 0.15) is 0 Å². The van der Waals surface area contributed by atoms with Gasteiger partial charge < -0.3 is 15.5 Å². The summed E-state index contributed by atoms with van der Waals surface area (Å²) in [5.74, 6) is -0.257. The van der Waals surface area contributed by atoms with Gasteiger partial charge in [0, 0.05) is 25.7 Å². The zero-order valence-electron chi connectivity index (χ0n) is 12.0. The van der Waals surface area contributed by atoms with Gasteiger partial charge in [0.15, 0.2) is 0 Å². The van der Waals surface area contributed by atoms with Crippen molar-refractivity contribution in [1.29, 1.82) is 0 Å². The number of rotatable bonds is 4. The lowest BCUT2D eigenvalue weighted by molar-refractivity contribution is -0.121. The molecule has 1 aliphatic heterocycles. The number of fused-ring (bicyclic) bond motifs is 1. The Bertz CT molecular complexity index is 514. The Morgan fingerprint density at radius 1 is 1.35 bits per heavy atom. The van der Waals surface area contributed by atoms with E-state index in [-0.39, 0.29) is 18.4 Å². The van der Waals surface area contributed by atoms with Crippen molar-refractivity contribution in [2.75, 3.05) is 26.7 Å². The SMILES string of the molecule is CCNC(=O)CN(C)C(=O)c1ccc2c(c1)CNCC2. The van der Waals surface area contributed by atoms with Crippen LogP contribution in [0.15, 0.2) is 18.2 Å². The van der Waals surface area contributed by atoms with Gasteiger partial charge in [-0.05, 0) is 43.1 Å². The van der Waals surface area contributed by atoms with E-state index in [4.69, 9.17) is 0 Å². The molecule has 0 unspecified atom stereocenters. The van der Waals surface area contributed by atoms with Gasteiger partial charge in [-0.1, -0.05) is 6.07 Å². The molecule has 0 atom stereocenters. The van der Waals surface area contributed by atoms with E-state index >= 15 is 0 Å². The summed E-state index contributed by atoms with van der Waals surface area (Å²) in [5.41, 5.74) is 3.11. The Kier molecular flexibility index (Phi) is 4.74. The van der Waals surface area contributed by atoms with E-state index in [1.54, 1.807) is 7.05 Å². The number of benzene rings is 1. The zero-order valence-corrected chi connectivity index (χ0v) is 12.0. The predicted molar refractivity (Wildman–Crippen MR) is 77.5 cm³/mol. The van der Waals surface area contributed by atoms with Gasteiger partial charge in [0.05, 0.1) is 6.54 Å². The number of carbonyl (C=O) groups excluding carboxylic acids is 2. The van der Waals surface area contributed by atoms with E-state index in [9.17, 15) is 9.59 Å². The minimum Gasteiger partial charge on any atom is -0.355 e. The summed E-state index contributed by atoms with van der Waals surface area (Å²) >= 11 is 0. The normalized spacial score (nSPS) is 13.5. The lowest BCUT2D eigenvalue weighted by atomic mass is 9.98. The van der Waals surface area contributed by atoms with E-state index in [0.717, 1.165) is 19.5 Å². The summed E-state index contributed by atoms with van der Waals surface area (Å²) in [5, 5.41) is 5.99. The highest BCUT2D eigenvalue weighted by molar-refractivity contribution is 5.96. The molecule has 1 aliphatic rings. The molecule has 0 aromatic heterocycles. The van der Waals surface area contributed by atoms with Crippen LogP contribution in [0.4, 0.5) is 0 Å². The lowest BCUT2D eigenvalue weighted by Gasteiger charge is -2.20. The first-order valence-corrected chi connectivity index (χ1v) is 6.96. The Morgan fingerprint density at radius 3 is 2.90 bits per heavy atom. The summed E-state index contributed by atoms with van der Waals surface area (Å²) in [4.78, 5) is 25.3. The summed E-state index contributed by atoms with van der Waals surface area (Å²) in [6.07, 6.45) is 0.999. The molecule has 0 saturated carbocycles. The Morgan fingerprint density at radius 2 is 2.15 bits per heavy atom. The maximum absolute atomic E-state index is 12.3. The standard InChI is InChI=1S/C15H21N3O2/c1-3-17-14(19)10-18(2)15(20)12-5-4-11-6-7-16-9-13(11)8-12/h4-5,8,16H,3,6-7,9-10H2,1-2H3,(H,17,19). The highest BCUT2D eigenvalue weighted by Crippen LogP contribution is 2.16. The third kappa shape index (κ3) is 3.36. The van der Waals surface area contributed by atoms with Crippen molar-refractivity contribution in [3.05, 3.63) is 34.9 Å². The lowest BCUT2D eigenvalue weighted by Crippen LogP contribution is -2.38. The molecule has 5 nitrogen and oxygen atoms in total. The first-order chi connectivity index (χ1) is 9.61. The fraction of sp³-hybridized carbons (Fsp3) is 0.467. The monoisotopic (exact) mass is 275 g/mol. The average molecular weight is 275 g/mol. The number of hydrogen-bond donors (Lipinski definition) is 2. The number of nitrogens with zero attached hydrogens (tertiary/aromatic N) is 1. The molecule has 108 valence electrons. The van der Waals surface area contributed by atoms with Gasteiger partial charge in [-0.15, -0.1) is 0 Å². The molecular formula is C15H21N3O2. The minimum absolute atomic E-state index is 0.0853. The fourth-order valence-corrected chi connectivity index (χ4v) is 2.37. The smallest absolute Gasteiger partial charge is 0.254 e. The number of nitrogens with one attached hydrogen (secondary N) is 2. The van der Waals surface area contributed by atoms with Crippen LogP contribution in [0.5, 0.6) is 0 Å². The van der Waals surface area contributed by atoms with E-state index in [1.807, 2.05) is 25.1 Å². The van der Waals surface area contributed by atoms with Gasteiger partial charge in [-0.2, -0.15) is 0 Å². The first kappa shape index (κ1) is 14.5. The van der Waals surface area contributed by atoms with Crippen LogP contribution in [0.3, 0.4) is 0 Å². The van der Waals surface area contributed by atoms with Crippen LogP contribution in [-0.2, 0) is 17.8 Å². The van der Waals surface area contributed by atoms with Gasteiger partial charge in [-0.3, -0.25) is 9.59 Å². The molecule has 1 aromatic rings. The van der Waals surface area contributed by atoms with Crippen LogP contribution in [-0.4, -0.2) is 43.4 Å². The van der Waals surface area contributed by atoms with Gasteiger partial charge in [0.2, 0.25) is 5.91 Å². The maximum atomic E-state index is 12.3. The van der Waals surface area contributed by atoms with E-state index < -0.39 is 0 Å². The molecule has 1 heterocycles. The quantitative estimate of drug-likeness (QED) is 0.843. The molecule has 2 amide bonds. The van der Waals surface area contributed by atoms with Crippen molar-refractivity contribution < 1.29 is 9.59 Å². The van der Waals surface area contributed by atoms with Gasteiger partial charge in [0.25, 0.3) is 5.91 Å². The second-order valence-corrected chi connectivity index (χ2v) is 5.02. The summed E-state index contributed by atoms with van der Waals surface area (Å²) in [7, 11) is 1.65. The predicted octanol–water partition coefficient (Wildman–Crippen LogP) is 0.540. The second-order valence-electron chi connectivity index (χ2n) is 5.02. The topological polar surface area (TPSA) is 61.4 Å². The molecule has 2 rings (SSSR count). The Labute approximate surface area is 119 Å². The molecule has 0 aliphatic carbocycles. The van der Waals surface area contributed by atoms with Crippen LogP contribution in [0.25, 0.3) is 0 Å². The largest absolute Gasteiger partial charge is 0.355 e. The number of amides is 2. The van der Waals surface area contributed by atoms with Crippen LogP contribution in [0, 0.1) is 0 Å². The minimum atomic E-state index is -0.136. The summed E-state index contributed by atoms with van der Waals surface area (Å²) in [6.45, 7) is 4.30. The Balaban J connectivity index is 2.06. The van der Waals surface area contributed by atoms with Crippen LogP contribution in [0.1, 0.15) is 28.4 Å². The van der Waals surface area contributed by atoms with Crippen molar-refractivity contribution in [3.63, 3.8) is 0 Å². The first-order valence-electron chi connectivity index (χ1n) is 6.96. The summed E-state index contributed by atoms with van der Waals surface area (Å²) < 4.78 is 0. The number of hydrogen-bond acceptors (Lipinski definition) is 3. The molecule has 2 N–H and O–H groups in total. The average Bonchev–Trinajstić information content (AvgIpc) is 2.46. The molecule has 0 bridgehead atoms. The van der Waals surface area contributed by atoms with Crippen molar-refractivity contribution in [2.45, 2.75) is 19.9 Å². The van der Waals surface area contributed by atoms with Crippen molar-refractivity contribution in [3.8, 4) is 0 Å². The fourth-order valence-electron chi connectivity index (χ4n) is 2.37. The van der Waals surface area contributed by atoms with Crippen molar-refractivity contribution >= 4 is 11.8 Å². The number of likely N-dealkylation sites (N-methyl/N-ethyl adjacent to an activating group) is 2. The second kappa shape index (κ2) is 6.52. The third-order valence-corrected chi connectivity index (χ3v) is 3.44. The third-order valence-electron chi connectivity index (χ3n) is 3.44. The van der Waals surface area contributed by atoms with Crippen LogP contribution in [0.2, 0.25) is 0 Å². The molecule has 0 radical (unpaired) electrons. The maximum Gasteiger partial charge on any atom is 0.254 e. The van der Waals surface area contributed by atoms with E-state index in [2.05, 4.69) is 10.6 Å². The molecule has 0 saturated heterocycles. The van der Waals surface area contributed by atoms with Crippen molar-refractivity contribution in [2.24, 2.45) is 0 Å². The highest BCUT2D eigenvalue weighted by atomic mass is 16.2. The zero-order chi connectivity index (χ0) is 14.5. The molecule has 0 fully saturated rings. The highest BCUT2D eigenvalue weighted by Gasteiger charge is 2.17. The Hall–Kier alpha value is -1.88. The number of carbonyl (C=O) groups is 2. The molecule has 20 heavy (non-hydrogen) atoms. The molecule has 0 spiro atoms. The van der Waals surface area contributed by atoms with Crippen LogP contribution < -0.4 is 10.6 Å². The van der Waals surface area contributed by atoms with Crippen molar-refractivity contribution in [1.82, 2.24) is 15.5 Å². The van der Waals surface area contributed by atoms with Crippen LogP contribution >= 0.6 is 0 Å². The van der Waals surface area contributed by atoms with Gasteiger partial charge in [-0.25, -0.2) is 0 Å². The molecular weight excluding hydrogens is 254 g/mol. The van der Waals surface area contributed by atoms with E-state index in [0.29, 0.717) is 12.1 Å².